The summed E-state index contributed by atoms with van der Waals surface area (Å²) in [5.74, 6) is 2.91. The topological polar surface area (TPSA) is 74.2 Å². The van der Waals surface area contributed by atoms with E-state index in [2.05, 4.69) is 15.5 Å². The molecular formula is C19H15N3O4. The number of aryl methyl sites for hydroxylation is 1. The lowest BCUT2D eigenvalue weighted by Crippen LogP contribution is -1.95. The highest BCUT2D eigenvalue weighted by atomic mass is 16.7. The van der Waals surface area contributed by atoms with Crippen LogP contribution < -0.4 is 24.4 Å². The van der Waals surface area contributed by atoms with Gasteiger partial charge < -0.3 is 18.9 Å². The summed E-state index contributed by atoms with van der Waals surface area (Å²) in [4.78, 5) is 4.56. The van der Waals surface area contributed by atoms with E-state index in [1.807, 2.05) is 43.3 Å². The molecule has 1 aromatic heterocycles. The average Bonchev–Trinajstić information content (AvgIpc) is 3.28. The Bertz CT molecular complexity index is 1050. The maximum atomic E-state index is 5.47. The number of hydrogen-bond acceptors (Lipinski definition) is 7. The first-order valence-corrected chi connectivity index (χ1v) is 8.16. The van der Waals surface area contributed by atoms with Crippen molar-refractivity contribution in [3.63, 3.8) is 0 Å². The van der Waals surface area contributed by atoms with E-state index in [0.29, 0.717) is 11.5 Å². The molecule has 2 aliphatic rings. The van der Waals surface area contributed by atoms with Crippen LogP contribution in [0, 0.1) is 6.92 Å². The number of hydrazone groups is 1. The number of nitrogens with one attached hydrogen (secondary N) is 1. The Morgan fingerprint density at radius 1 is 0.923 bits per heavy atom. The first-order chi connectivity index (χ1) is 12.8. The number of anilines is 1. The van der Waals surface area contributed by atoms with E-state index in [4.69, 9.17) is 18.9 Å². The third-order valence-electron chi connectivity index (χ3n) is 4.23. The molecule has 0 saturated heterocycles. The van der Waals surface area contributed by atoms with Crippen molar-refractivity contribution < 1.29 is 18.9 Å². The summed E-state index contributed by atoms with van der Waals surface area (Å²) in [6, 6.07) is 11.4. The van der Waals surface area contributed by atoms with Crippen molar-refractivity contribution in [3.05, 3.63) is 47.7 Å². The lowest BCUT2D eigenvalue weighted by atomic mass is 10.1. The number of hydrogen-bond donors (Lipinski definition) is 1. The number of aromatic nitrogens is 1. The Labute approximate surface area is 149 Å². The summed E-state index contributed by atoms with van der Waals surface area (Å²) in [6.45, 7) is 2.43. The van der Waals surface area contributed by atoms with Crippen LogP contribution in [0.4, 0.5) is 5.69 Å². The average molecular weight is 349 g/mol. The van der Waals surface area contributed by atoms with Gasteiger partial charge in [-0.25, -0.2) is 0 Å². The Morgan fingerprint density at radius 3 is 2.50 bits per heavy atom. The summed E-state index contributed by atoms with van der Waals surface area (Å²) in [6.07, 6.45) is 1.73. The van der Waals surface area contributed by atoms with Crippen LogP contribution in [0.25, 0.3) is 10.9 Å². The van der Waals surface area contributed by atoms with Crippen molar-refractivity contribution in [1.29, 1.82) is 0 Å². The molecule has 2 aliphatic heterocycles. The van der Waals surface area contributed by atoms with Gasteiger partial charge in [-0.05, 0) is 42.8 Å². The van der Waals surface area contributed by atoms with E-state index in [9.17, 15) is 0 Å². The van der Waals surface area contributed by atoms with Gasteiger partial charge in [0.05, 0.1) is 17.4 Å². The standard InChI is InChI=1S/C19H15N3O4/c1-11-4-15(13-6-18-19(26-10-25-18)7-14(13)21-11)22-20-8-12-2-3-16-17(5-12)24-9-23-16/h2-8H,9-10H2,1H3,(H,21,22). The lowest BCUT2D eigenvalue weighted by Gasteiger charge is -2.08. The van der Waals surface area contributed by atoms with E-state index in [1.165, 1.54) is 0 Å². The fraction of sp³-hybridized carbons (Fsp3) is 0.158. The van der Waals surface area contributed by atoms with E-state index < -0.39 is 0 Å². The van der Waals surface area contributed by atoms with Crippen molar-refractivity contribution >= 4 is 22.8 Å². The molecule has 0 radical (unpaired) electrons. The number of pyridine rings is 1. The van der Waals surface area contributed by atoms with Crippen LogP contribution >= 0.6 is 0 Å². The Morgan fingerprint density at radius 2 is 1.65 bits per heavy atom. The molecule has 2 aromatic carbocycles. The predicted octanol–water partition coefficient (Wildman–Crippen LogP) is 3.45. The minimum atomic E-state index is 0.232. The van der Waals surface area contributed by atoms with Crippen LogP contribution in [0.2, 0.25) is 0 Å². The summed E-state index contributed by atoms with van der Waals surface area (Å²) in [5.41, 5.74) is 6.57. The summed E-state index contributed by atoms with van der Waals surface area (Å²) in [7, 11) is 0. The molecule has 0 amide bonds. The molecular weight excluding hydrogens is 334 g/mol. The SMILES string of the molecule is Cc1cc(NN=Cc2ccc3c(c2)OCO3)c2cc3c(cc2n1)OCO3. The van der Waals surface area contributed by atoms with Gasteiger partial charge in [0, 0.05) is 17.1 Å². The number of nitrogens with zero attached hydrogens (tertiary/aromatic N) is 2. The molecule has 7 heteroatoms. The zero-order valence-corrected chi connectivity index (χ0v) is 14.0. The highest BCUT2D eigenvalue weighted by molar-refractivity contribution is 5.94. The first-order valence-electron chi connectivity index (χ1n) is 8.16. The largest absolute Gasteiger partial charge is 0.454 e. The number of rotatable bonds is 3. The van der Waals surface area contributed by atoms with Crippen LogP contribution in [-0.2, 0) is 0 Å². The highest BCUT2D eigenvalue weighted by Crippen LogP contribution is 2.38. The van der Waals surface area contributed by atoms with Crippen LogP contribution in [0.5, 0.6) is 23.0 Å². The Kier molecular flexibility index (Phi) is 3.31. The van der Waals surface area contributed by atoms with Crippen LogP contribution in [-0.4, -0.2) is 24.8 Å². The molecule has 0 atom stereocenters. The molecule has 0 saturated carbocycles. The van der Waals surface area contributed by atoms with Gasteiger partial charge in [0.15, 0.2) is 23.0 Å². The van der Waals surface area contributed by atoms with Crippen molar-refractivity contribution in [2.45, 2.75) is 6.92 Å². The van der Waals surface area contributed by atoms with Crippen molar-refractivity contribution in [2.75, 3.05) is 19.0 Å². The van der Waals surface area contributed by atoms with Crippen molar-refractivity contribution in [3.8, 4) is 23.0 Å². The number of fused-ring (bicyclic) bond motifs is 3. The quantitative estimate of drug-likeness (QED) is 0.577. The first kappa shape index (κ1) is 14.8. The van der Waals surface area contributed by atoms with E-state index in [0.717, 1.165) is 39.3 Å². The Balaban J connectivity index is 1.45. The molecule has 0 bridgehead atoms. The van der Waals surface area contributed by atoms with Gasteiger partial charge in [-0.2, -0.15) is 5.10 Å². The predicted molar refractivity (Wildman–Crippen MR) is 96.4 cm³/mol. The molecule has 3 aromatic rings. The van der Waals surface area contributed by atoms with Gasteiger partial charge >= 0.3 is 0 Å². The molecule has 0 fully saturated rings. The zero-order chi connectivity index (χ0) is 17.5. The van der Waals surface area contributed by atoms with Gasteiger partial charge in [0.25, 0.3) is 0 Å². The third kappa shape index (κ3) is 2.54. The summed E-state index contributed by atoms with van der Waals surface area (Å²) in [5, 5.41) is 5.27. The molecule has 130 valence electrons. The van der Waals surface area contributed by atoms with E-state index in [-0.39, 0.29) is 13.6 Å². The summed E-state index contributed by atoms with van der Waals surface area (Å²) < 4.78 is 21.6. The minimum absolute atomic E-state index is 0.232. The van der Waals surface area contributed by atoms with Gasteiger partial charge in [-0.3, -0.25) is 10.4 Å². The fourth-order valence-corrected chi connectivity index (χ4v) is 3.01. The molecule has 0 spiro atoms. The number of ether oxygens (including phenoxy) is 4. The molecule has 1 N–H and O–H groups in total. The third-order valence-corrected chi connectivity index (χ3v) is 4.23. The zero-order valence-electron chi connectivity index (χ0n) is 14.0. The molecule has 3 heterocycles. The second kappa shape index (κ2) is 5.80. The van der Waals surface area contributed by atoms with Crippen molar-refractivity contribution in [2.24, 2.45) is 5.10 Å². The van der Waals surface area contributed by atoms with Gasteiger partial charge in [-0.1, -0.05) is 0 Å². The molecule has 0 unspecified atom stereocenters. The van der Waals surface area contributed by atoms with Crippen LogP contribution in [0.3, 0.4) is 0 Å². The van der Waals surface area contributed by atoms with Gasteiger partial charge in [0.1, 0.15) is 0 Å². The fourth-order valence-electron chi connectivity index (χ4n) is 3.01. The van der Waals surface area contributed by atoms with E-state index >= 15 is 0 Å². The van der Waals surface area contributed by atoms with Crippen molar-refractivity contribution in [1.82, 2.24) is 4.98 Å². The normalized spacial score (nSPS) is 14.3. The second-order valence-corrected chi connectivity index (χ2v) is 6.02. The maximum absolute atomic E-state index is 5.47. The van der Waals surface area contributed by atoms with Gasteiger partial charge in [0.2, 0.25) is 13.6 Å². The van der Waals surface area contributed by atoms with Gasteiger partial charge in [-0.15, -0.1) is 0 Å². The number of benzene rings is 2. The van der Waals surface area contributed by atoms with Crippen LogP contribution in [0.1, 0.15) is 11.3 Å². The smallest absolute Gasteiger partial charge is 0.231 e. The minimum Gasteiger partial charge on any atom is -0.454 e. The maximum Gasteiger partial charge on any atom is 0.231 e. The molecule has 5 rings (SSSR count). The molecule has 7 nitrogen and oxygen atoms in total. The monoisotopic (exact) mass is 349 g/mol. The summed E-state index contributed by atoms with van der Waals surface area (Å²) >= 11 is 0. The van der Waals surface area contributed by atoms with E-state index in [1.54, 1.807) is 6.21 Å². The lowest BCUT2D eigenvalue weighted by molar-refractivity contribution is 0.173. The second-order valence-electron chi connectivity index (χ2n) is 6.02. The molecule has 0 aliphatic carbocycles. The van der Waals surface area contributed by atoms with Crippen LogP contribution in [0.15, 0.2) is 41.5 Å². The highest BCUT2D eigenvalue weighted by Gasteiger charge is 2.17. The Hall–Kier alpha value is -3.48. The molecule has 26 heavy (non-hydrogen) atoms.